The molecule has 0 amide bonds. The summed E-state index contributed by atoms with van der Waals surface area (Å²) in [6, 6.07) is 8.41. The first-order chi connectivity index (χ1) is 12.6. The number of pyridine rings is 1. The van der Waals surface area contributed by atoms with Gasteiger partial charge < -0.3 is 14.2 Å². The highest BCUT2D eigenvalue weighted by molar-refractivity contribution is 6.29. The molecular formula is C19H18ClNO5. The number of esters is 1. The van der Waals surface area contributed by atoms with Crippen LogP contribution in [0.2, 0.25) is 5.15 Å². The lowest BCUT2D eigenvalue weighted by Crippen LogP contribution is -2.08. The number of ether oxygens (including phenoxy) is 3. The number of nitrogens with zero attached hydrogens (tertiary/aromatic N) is 1. The molecule has 0 fully saturated rings. The summed E-state index contributed by atoms with van der Waals surface area (Å²) in [6.45, 7) is 1.24. The molecule has 0 saturated carbocycles. The average molecular weight is 376 g/mol. The van der Waals surface area contributed by atoms with E-state index in [0.717, 1.165) is 12.0 Å². The Morgan fingerprint density at radius 1 is 1.08 bits per heavy atom. The van der Waals surface area contributed by atoms with Crippen LogP contribution in [0.25, 0.3) is 0 Å². The van der Waals surface area contributed by atoms with E-state index >= 15 is 0 Å². The van der Waals surface area contributed by atoms with Crippen molar-refractivity contribution in [1.29, 1.82) is 0 Å². The SMILES string of the molecule is O=C(CCC(=O)c1ccc2c(c1)OCCCO2)OCc1ccc(Cl)nc1. The summed E-state index contributed by atoms with van der Waals surface area (Å²) in [5.74, 6) is 0.606. The molecule has 7 heteroatoms. The Bertz CT molecular complexity index is 791. The summed E-state index contributed by atoms with van der Waals surface area (Å²) in [6.07, 6.45) is 2.41. The smallest absolute Gasteiger partial charge is 0.306 e. The number of carbonyl (C=O) groups excluding carboxylic acids is 2. The first kappa shape index (κ1) is 18.2. The van der Waals surface area contributed by atoms with Crippen LogP contribution in [0.15, 0.2) is 36.5 Å². The number of fused-ring (bicyclic) bond motifs is 1. The Labute approximate surface area is 156 Å². The third kappa shape index (κ3) is 4.95. The Kier molecular flexibility index (Phi) is 6.07. The van der Waals surface area contributed by atoms with E-state index < -0.39 is 5.97 Å². The van der Waals surface area contributed by atoms with Crippen molar-refractivity contribution in [1.82, 2.24) is 4.98 Å². The summed E-state index contributed by atoms with van der Waals surface area (Å²) < 4.78 is 16.3. The van der Waals surface area contributed by atoms with Crippen LogP contribution in [0.4, 0.5) is 0 Å². The fourth-order valence-electron chi connectivity index (χ4n) is 2.42. The maximum atomic E-state index is 12.3. The van der Waals surface area contributed by atoms with Crippen molar-refractivity contribution >= 4 is 23.4 Å². The van der Waals surface area contributed by atoms with Gasteiger partial charge in [-0.3, -0.25) is 9.59 Å². The first-order valence-corrected chi connectivity index (χ1v) is 8.68. The zero-order chi connectivity index (χ0) is 18.4. The number of hydrogen-bond donors (Lipinski definition) is 0. The quantitative estimate of drug-likeness (QED) is 0.436. The molecule has 2 heterocycles. The molecule has 26 heavy (non-hydrogen) atoms. The number of aromatic nitrogens is 1. The zero-order valence-corrected chi connectivity index (χ0v) is 14.8. The monoisotopic (exact) mass is 375 g/mol. The molecule has 0 N–H and O–H groups in total. The molecule has 3 rings (SSSR count). The summed E-state index contributed by atoms with van der Waals surface area (Å²) in [4.78, 5) is 28.0. The fraction of sp³-hybridized carbons (Fsp3) is 0.316. The first-order valence-electron chi connectivity index (χ1n) is 8.31. The topological polar surface area (TPSA) is 74.7 Å². The molecule has 1 aliphatic rings. The number of rotatable bonds is 6. The third-order valence-electron chi connectivity index (χ3n) is 3.81. The second kappa shape index (κ2) is 8.67. The van der Waals surface area contributed by atoms with Crippen molar-refractivity contribution in [3.05, 3.63) is 52.8 Å². The number of halogens is 1. The van der Waals surface area contributed by atoms with Gasteiger partial charge in [0.25, 0.3) is 0 Å². The minimum absolute atomic E-state index is 0.00823. The molecule has 0 saturated heterocycles. The van der Waals surface area contributed by atoms with Crippen molar-refractivity contribution in [3.8, 4) is 11.5 Å². The molecule has 0 aliphatic carbocycles. The number of carbonyl (C=O) groups is 2. The highest BCUT2D eigenvalue weighted by atomic mass is 35.5. The van der Waals surface area contributed by atoms with Crippen LogP contribution in [0, 0.1) is 0 Å². The third-order valence-corrected chi connectivity index (χ3v) is 4.04. The van der Waals surface area contributed by atoms with Crippen LogP contribution in [0.5, 0.6) is 11.5 Å². The minimum Gasteiger partial charge on any atom is -0.490 e. The molecular weight excluding hydrogens is 358 g/mol. The molecule has 0 atom stereocenters. The molecule has 136 valence electrons. The number of hydrogen-bond acceptors (Lipinski definition) is 6. The van der Waals surface area contributed by atoms with Gasteiger partial charge in [-0.2, -0.15) is 0 Å². The Balaban J connectivity index is 1.49. The molecule has 6 nitrogen and oxygen atoms in total. The summed E-state index contributed by atoms with van der Waals surface area (Å²) in [5.41, 5.74) is 1.22. The van der Waals surface area contributed by atoms with E-state index in [2.05, 4.69) is 4.98 Å². The second-order valence-electron chi connectivity index (χ2n) is 5.79. The largest absolute Gasteiger partial charge is 0.490 e. The normalized spacial score (nSPS) is 13.0. The van der Waals surface area contributed by atoms with Crippen LogP contribution in [0.3, 0.4) is 0 Å². The summed E-state index contributed by atoms with van der Waals surface area (Å²) in [7, 11) is 0. The lowest BCUT2D eigenvalue weighted by atomic mass is 10.1. The van der Waals surface area contributed by atoms with Gasteiger partial charge in [-0.25, -0.2) is 4.98 Å². The lowest BCUT2D eigenvalue weighted by molar-refractivity contribution is -0.144. The lowest BCUT2D eigenvalue weighted by Gasteiger charge is -2.09. The highest BCUT2D eigenvalue weighted by Crippen LogP contribution is 2.30. The van der Waals surface area contributed by atoms with Gasteiger partial charge in [0.05, 0.1) is 19.6 Å². The van der Waals surface area contributed by atoms with Crippen LogP contribution >= 0.6 is 11.6 Å². The van der Waals surface area contributed by atoms with E-state index in [4.69, 9.17) is 25.8 Å². The fourth-order valence-corrected chi connectivity index (χ4v) is 2.54. The van der Waals surface area contributed by atoms with Crippen molar-refractivity contribution in [2.75, 3.05) is 13.2 Å². The summed E-state index contributed by atoms with van der Waals surface area (Å²) in [5, 5.41) is 0.376. The molecule has 1 aromatic heterocycles. The molecule has 0 unspecified atom stereocenters. The van der Waals surface area contributed by atoms with Gasteiger partial charge >= 0.3 is 5.97 Å². The van der Waals surface area contributed by atoms with Gasteiger partial charge in [-0.1, -0.05) is 17.7 Å². The zero-order valence-electron chi connectivity index (χ0n) is 14.1. The van der Waals surface area contributed by atoms with E-state index in [1.54, 1.807) is 36.5 Å². The van der Waals surface area contributed by atoms with E-state index in [9.17, 15) is 9.59 Å². The molecule has 1 aliphatic heterocycles. The van der Waals surface area contributed by atoms with E-state index in [1.807, 2.05) is 0 Å². The molecule has 2 aromatic rings. The maximum Gasteiger partial charge on any atom is 0.306 e. The van der Waals surface area contributed by atoms with Crippen LogP contribution in [0.1, 0.15) is 35.2 Å². The van der Waals surface area contributed by atoms with Gasteiger partial charge in [-0.05, 0) is 24.3 Å². The number of benzene rings is 1. The molecule has 0 spiro atoms. The van der Waals surface area contributed by atoms with Gasteiger partial charge in [-0.15, -0.1) is 0 Å². The Morgan fingerprint density at radius 2 is 1.88 bits per heavy atom. The number of Topliss-reactive ketones (excluding diaryl/α,β-unsaturated/α-hetero) is 1. The molecule has 1 aromatic carbocycles. The summed E-state index contributed by atoms with van der Waals surface area (Å²) >= 11 is 5.70. The van der Waals surface area contributed by atoms with Gasteiger partial charge in [0, 0.05) is 30.2 Å². The van der Waals surface area contributed by atoms with Crippen molar-refractivity contribution in [3.63, 3.8) is 0 Å². The van der Waals surface area contributed by atoms with E-state index in [0.29, 0.717) is 35.4 Å². The van der Waals surface area contributed by atoms with Gasteiger partial charge in [0.15, 0.2) is 17.3 Å². The van der Waals surface area contributed by atoms with Crippen molar-refractivity contribution in [2.45, 2.75) is 25.9 Å². The van der Waals surface area contributed by atoms with Gasteiger partial charge in [0.2, 0.25) is 0 Å². The Morgan fingerprint density at radius 3 is 2.65 bits per heavy atom. The predicted molar refractivity (Wildman–Crippen MR) is 94.7 cm³/mol. The van der Waals surface area contributed by atoms with Crippen molar-refractivity contribution in [2.24, 2.45) is 0 Å². The standard InChI is InChI=1S/C19H18ClNO5/c20-18-6-2-13(11-21-18)12-26-19(23)7-4-15(22)14-3-5-16-17(10-14)25-9-1-8-24-16/h2-3,5-6,10-11H,1,4,7-9,12H2. The average Bonchev–Trinajstić information content (AvgIpc) is 2.90. The highest BCUT2D eigenvalue weighted by Gasteiger charge is 2.15. The maximum absolute atomic E-state index is 12.3. The van der Waals surface area contributed by atoms with Crippen LogP contribution in [-0.4, -0.2) is 30.0 Å². The number of ketones is 1. The van der Waals surface area contributed by atoms with E-state index in [1.165, 1.54) is 0 Å². The molecule has 0 bridgehead atoms. The van der Waals surface area contributed by atoms with E-state index in [-0.39, 0.29) is 25.2 Å². The molecule has 0 radical (unpaired) electrons. The van der Waals surface area contributed by atoms with Crippen LogP contribution < -0.4 is 9.47 Å². The second-order valence-corrected chi connectivity index (χ2v) is 6.17. The van der Waals surface area contributed by atoms with Gasteiger partial charge in [0.1, 0.15) is 11.8 Å². The van der Waals surface area contributed by atoms with Crippen molar-refractivity contribution < 1.29 is 23.8 Å². The Hall–Kier alpha value is -2.60. The minimum atomic E-state index is -0.442. The van der Waals surface area contributed by atoms with Crippen LogP contribution in [-0.2, 0) is 16.1 Å². The predicted octanol–water partition coefficient (Wildman–Crippen LogP) is 3.60.